The number of aryl methyl sites for hydroxylation is 1. The summed E-state index contributed by atoms with van der Waals surface area (Å²) in [5, 5.41) is 13.9. The summed E-state index contributed by atoms with van der Waals surface area (Å²) in [4.78, 5) is 27.9. The molecule has 142 valence electrons. The van der Waals surface area contributed by atoms with Crippen LogP contribution in [-0.2, 0) is 4.79 Å². The van der Waals surface area contributed by atoms with Crippen LogP contribution in [0.25, 0.3) is 0 Å². The molecule has 0 radical (unpaired) electrons. The molecular formula is C20H29N3O3. The van der Waals surface area contributed by atoms with Gasteiger partial charge in [0.1, 0.15) is 0 Å². The van der Waals surface area contributed by atoms with Crippen molar-refractivity contribution in [2.45, 2.75) is 44.8 Å². The molecule has 2 fully saturated rings. The number of piperidine rings is 1. The van der Waals surface area contributed by atoms with Crippen LogP contribution in [0.5, 0.6) is 0 Å². The molecule has 26 heavy (non-hydrogen) atoms. The van der Waals surface area contributed by atoms with Gasteiger partial charge >= 0.3 is 0 Å². The Labute approximate surface area is 155 Å². The van der Waals surface area contributed by atoms with Gasteiger partial charge in [0.15, 0.2) is 0 Å². The van der Waals surface area contributed by atoms with Crippen molar-refractivity contribution in [3.05, 3.63) is 35.4 Å². The zero-order chi connectivity index (χ0) is 18.7. The molecule has 3 rings (SSSR count). The summed E-state index contributed by atoms with van der Waals surface area (Å²) in [6, 6.07) is 7.83. The molecule has 6 heteroatoms. The summed E-state index contributed by atoms with van der Waals surface area (Å²) >= 11 is 0. The lowest BCUT2D eigenvalue weighted by atomic mass is 9.99. The van der Waals surface area contributed by atoms with Crippen molar-refractivity contribution in [2.24, 2.45) is 0 Å². The SMILES string of the molecule is CC(=O)NC1CCN(C[C@@]2(O)CCN(C(=O)c3cccc(C)c3)C2)CC1. The number of likely N-dealkylation sites (tertiary alicyclic amines) is 2. The van der Waals surface area contributed by atoms with Gasteiger partial charge in [-0.2, -0.15) is 0 Å². The van der Waals surface area contributed by atoms with Crippen molar-refractivity contribution in [2.75, 3.05) is 32.7 Å². The third-order valence-electron chi connectivity index (χ3n) is 5.40. The minimum Gasteiger partial charge on any atom is -0.387 e. The van der Waals surface area contributed by atoms with Crippen molar-refractivity contribution in [1.82, 2.24) is 15.1 Å². The fourth-order valence-corrected chi connectivity index (χ4v) is 4.06. The third kappa shape index (κ3) is 4.62. The normalized spacial score (nSPS) is 24.7. The highest BCUT2D eigenvalue weighted by Gasteiger charge is 2.40. The van der Waals surface area contributed by atoms with Gasteiger partial charge in [-0.3, -0.25) is 9.59 Å². The van der Waals surface area contributed by atoms with Crippen molar-refractivity contribution in [1.29, 1.82) is 0 Å². The summed E-state index contributed by atoms with van der Waals surface area (Å²) in [6.45, 7) is 6.79. The standard InChI is InChI=1S/C20H29N3O3/c1-15-4-3-5-17(12-15)19(25)23-11-8-20(26,14-23)13-22-9-6-18(7-10-22)21-16(2)24/h3-5,12,18,26H,6-11,13-14H2,1-2H3,(H,21,24)/t20-/m0/s1. The van der Waals surface area contributed by atoms with Gasteiger partial charge in [-0.05, 0) is 38.3 Å². The number of nitrogens with zero attached hydrogens (tertiary/aromatic N) is 2. The second-order valence-corrected chi connectivity index (χ2v) is 7.82. The minimum absolute atomic E-state index is 0.00556. The lowest BCUT2D eigenvalue weighted by Gasteiger charge is -2.36. The van der Waals surface area contributed by atoms with Crippen LogP contribution in [0.3, 0.4) is 0 Å². The fraction of sp³-hybridized carbons (Fsp3) is 0.600. The highest BCUT2D eigenvalue weighted by Crippen LogP contribution is 2.25. The number of carbonyl (C=O) groups is 2. The zero-order valence-corrected chi connectivity index (χ0v) is 15.7. The van der Waals surface area contributed by atoms with Crippen LogP contribution in [0.15, 0.2) is 24.3 Å². The van der Waals surface area contributed by atoms with E-state index in [1.807, 2.05) is 31.2 Å². The molecule has 2 heterocycles. The molecule has 2 aliphatic heterocycles. The molecule has 2 amide bonds. The van der Waals surface area contributed by atoms with E-state index in [0.29, 0.717) is 31.6 Å². The van der Waals surface area contributed by atoms with Gasteiger partial charge in [0, 0.05) is 44.7 Å². The molecule has 1 aromatic carbocycles. The van der Waals surface area contributed by atoms with E-state index in [4.69, 9.17) is 0 Å². The van der Waals surface area contributed by atoms with Crippen molar-refractivity contribution in [3.63, 3.8) is 0 Å². The molecule has 2 N–H and O–H groups in total. The summed E-state index contributed by atoms with van der Waals surface area (Å²) in [5.74, 6) is 0.0113. The first-order valence-corrected chi connectivity index (χ1v) is 9.42. The van der Waals surface area contributed by atoms with Gasteiger partial charge in [-0.1, -0.05) is 17.7 Å². The first kappa shape index (κ1) is 18.9. The Bertz CT molecular complexity index is 670. The van der Waals surface area contributed by atoms with Gasteiger partial charge in [0.2, 0.25) is 5.91 Å². The number of hydrogen-bond donors (Lipinski definition) is 2. The van der Waals surface area contributed by atoms with E-state index in [9.17, 15) is 14.7 Å². The van der Waals surface area contributed by atoms with E-state index < -0.39 is 5.60 Å². The molecule has 0 aliphatic carbocycles. The average molecular weight is 359 g/mol. The maximum Gasteiger partial charge on any atom is 0.253 e. The summed E-state index contributed by atoms with van der Waals surface area (Å²) in [7, 11) is 0. The van der Waals surface area contributed by atoms with Crippen molar-refractivity contribution >= 4 is 11.8 Å². The van der Waals surface area contributed by atoms with Crippen LogP contribution in [0.1, 0.15) is 42.1 Å². The lowest BCUT2D eigenvalue weighted by molar-refractivity contribution is -0.120. The molecule has 0 spiro atoms. The lowest BCUT2D eigenvalue weighted by Crippen LogP contribution is -2.50. The fourth-order valence-electron chi connectivity index (χ4n) is 4.06. The molecule has 6 nitrogen and oxygen atoms in total. The molecule has 0 saturated carbocycles. The molecular weight excluding hydrogens is 330 g/mol. The van der Waals surface area contributed by atoms with E-state index in [1.54, 1.807) is 11.8 Å². The molecule has 2 saturated heterocycles. The largest absolute Gasteiger partial charge is 0.387 e. The molecule has 0 bridgehead atoms. The Morgan fingerprint density at radius 2 is 2.00 bits per heavy atom. The highest BCUT2D eigenvalue weighted by molar-refractivity contribution is 5.94. The minimum atomic E-state index is -0.847. The Hall–Kier alpha value is -1.92. The Kier molecular flexibility index (Phi) is 5.63. The van der Waals surface area contributed by atoms with Crippen molar-refractivity contribution in [3.8, 4) is 0 Å². The van der Waals surface area contributed by atoms with Gasteiger partial charge in [0.25, 0.3) is 5.91 Å². The molecule has 1 atom stereocenters. The Morgan fingerprint density at radius 3 is 2.65 bits per heavy atom. The number of benzene rings is 1. The van der Waals surface area contributed by atoms with Gasteiger partial charge < -0.3 is 20.2 Å². The number of hydrogen-bond acceptors (Lipinski definition) is 4. The number of rotatable bonds is 4. The predicted octanol–water partition coefficient (Wildman–Crippen LogP) is 1.17. The van der Waals surface area contributed by atoms with Gasteiger partial charge in [-0.15, -0.1) is 0 Å². The second-order valence-electron chi connectivity index (χ2n) is 7.82. The van der Waals surface area contributed by atoms with E-state index in [2.05, 4.69) is 10.2 Å². The monoisotopic (exact) mass is 359 g/mol. The number of nitrogens with one attached hydrogen (secondary N) is 1. The first-order chi connectivity index (χ1) is 12.3. The van der Waals surface area contributed by atoms with Crippen molar-refractivity contribution < 1.29 is 14.7 Å². The summed E-state index contributed by atoms with van der Waals surface area (Å²) in [6.07, 6.45) is 2.42. The van der Waals surface area contributed by atoms with Crippen LogP contribution in [0.2, 0.25) is 0 Å². The van der Waals surface area contributed by atoms with Crippen LogP contribution in [-0.4, -0.2) is 71.1 Å². The maximum atomic E-state index is 12.7. The van der Waals surface area contributed by atoms with E-state index in [1.165, 1.54) is 0 Å². The second kappa shape index (κ2) is 7.76. The molecule has 1 aromatic rings. The molecule has 0 aromatic heterocycles. The third-order valence-corrected chi connectivity index (χ3v) is 5.40. The average Bonchev–Trinajstić information content (AvgIpc) is 2.97. The Balaban J connectivity index is 1.52. The van der Waals surface area contributed by atoms with Crippen LogP contribution < -0.4 is 5.32 Å². The summed E-state index contributed by atoms with van der Waals surface area (Å²) in [5.41, 5.74) is 0.901. The van der Waals surface area contributed by atoms with Crippen LogP contribution in [0, 0.1) is 6.92 Å². The van der Waals surface area contributed by atoms with Crippen LogP contribution >= 0.6 is 0 Å². The smallest absolute Gasteiger partial charge is 0.253 e. The number of carbonyl (C=O) groups excluding carboxylic acids is 2. The van der Waals surface area contributed by atoms with E-state index in [-0.39, 0.29) is 17.9 Å². The quantitative estimate of drug-likeness (QED) is 0.847. The molecule has 0 unspecified atom stereocenters. The van der Waals surface area contributed by atoms with E-state index >= 15 is 0 Å². The number of β-amino-alcohol motifs (C(OH)–C–C–N with tert-alkyl or cyclic N) is 1. The van der Waals surface area contributed by atoms with E-state index in [0.717, 1.165) is 31.5 Å². The number of aliphatic hydroxyl groups is 1. The zero-order valence-electron chi connectivity index (χ0n) is 15.7. The van der Waals surface area contributed by atoms with Gasteiger partial charge in [-0.25, -0.2) is 0 Å². The first-order valence-electron chi connectivity index (χ1n) is 9.42. The Morgan fingerprint density at radius 1 is 1.27 bits per heavy atom. The maximum absolute atomic E-state index is 12.7. The van der Waals surface area contributed by atoms with Crippen LogP contribution in [0.4, 0.5) is 0 Å². The summed E-state index contributed by atoms with van der Waals surface area (Å²) < 4.78 is 0. The molecule has 2 aliphatic rings. The van der Waals surface area contributed by atoms with Gasteiger partial charge in [0.05, 0.1) is 12.1 Å². The highest BCUT2D eigenvalue weighted by atomic mass is 16.3. The number of amides is 2. The topological polar surface area (TPSA) is 72.9 Å². The predicted molar refractivity (Wildman–Crippen MR) is 99.9 cm³/mol.